The predicted octanol–water partition coefficient (Wildman–Crippen LogP) is 3.25. The van der Waals surface area contributed by atoms with Crippen LogP contribution in [0.2, 0.25) is 0 Å². The fourth-order valence-corrected chi connectivity index (χ4v) is 2.97. The molecule has 5 heteroatoms. The molecule has 0 fully saturated rings. The number of carbonyl (C=O) groups excluding carboxylic acids is 1. The first-order valence-corrected chi connectivity index (χ1v) is 8.15. The first-order valence-electron chi connectivity index (χ1n) is 8.15. The van der Waals surface area contributed by atoms with Gasteiger partial charge < -0.3 is 15.8 Å². The number of carbonyl (C=O) groups is 1. The van der Waals surface area contributed by atoms with Crippen LogP contribution in [0.3, 0.4) is 0 Å². The van der Waals surface area contributed by atoms with E-state index in [9.17, 15) is 9.18 Å². The van der Waals surface area contributed by atoms with Gasteiger partial charge in [0.15, 0.2) is 0 Å². The summed E-state index contributed by atoms with van der Waals surface area (Å²) in [5.41, 5.74) is 7.86. The Bertz CT molecular complexity index is 706. The molecular formula is C19H21FN2O2. The zero-order valence-electron chi connectivity index (χ0n) is 13.4. The van der Waals surface area contributed by atoms with Gasteiger partial charge in [0.2, 0.25) is 5.91 Å². The molecule has 0 bridgehead atoms. The second-order valence-electron chi connectivity index (χ2n) is 6.01. The highest BCUT2D eigenvalue weighted by Gasteiger charge is 2.23. The number of hydrogen-bond donors (Lipinski definition) is 2. The van der Waals surface area contributed by atoms with Gasteiger partial charge in [-0.1, -0.05) is 36.4 Å². The number of hydrogen-bond acceptors (Lipinski definition) is 3. The van der Waals surface area contributed by atoms with Gasteiger partial charge in [-0.05, 0) is 24.5 Å². The van der Waals surface area contributed by atoms with E-state index in [2.05, 4.69) is 5.32 Å². The van der Waals surface area contributed by atoms with E-state index in [1.165, 1.54) is 12.1 Å². The zero-order chi connectivity index (χ0) is 16.9. The molecule has 1 heterocycles. The number of halogens is 1. The number of nitrogens with two attached hydrogens (primary N) is 1. The van der Waals surface area contributed by atoms with E-state index in [4.69, 9.17) is 10.5 Å². The lowest BCUT2D eigenvalue weighted by Crippen LogP contribution is -2.31. The molecule has 0 saturated carbocycles. The summed E-state index contributed by atoms with van der Waals surface area (Å²) in [5, 5.41) is 3.01. The summed E-state index contributed by atoms with van der Waals surface area (Å²) in [5.74, 6) is 0.0468. The molecule has 3 N–H and O–H groups in total. The summed E-state index contributed by atoms with van der Waals surface area (Å²) in [6.07, 6.45) is 1.76. The van der Waals surface area contributed by atoms with Gasteiger partial charge in [-0.2, -0.15) is 0 Å². The van der Waals surface area contributed by atoms with E-state index >= 15 is 0 Å². The number of fused-ring (bicyclic) bond motifs is 1. The molecule has 0 aromatic heterocycles. The molecule has 1 aliphatic rings. The van der Waals surface area contributed by atoms with Crippen molar-refractivity contribution in [3.8, 4) is 5.75 Å². The van der Waals surface area contributed by atoms with E-state index in [1.807, 2.05) is 30.3 Å². The number of ether oxygens (including phenoxy) is 1. The van der Waals surface area contributed by atoms with E-state index in [-0.39, 0.29) is 30.2 Å². The van der Waals surface area contributed by atoms with Gasteiger partial charge >= 0.3 is 0 Å². The maximum absolute atomic E-state index is 13.4. The van der Waals surface area contributed by atoms with Crippen LogP contribution in [0, 0.1) is 5.82 Å². The first kappa shape index (κ1) is 16.5. The molecule has 24 heavy (non-hydrogen) atoms. The summed E-state index contributed by atoms with van der Waals surface area (Å²) in [7, 11) is 0. The van der Waals surface area contributed by atoms with E-state index < -0.39 is 0 Å². The van der Waals surface area contributed by atoms with Crippen LogP contribution in [0.25, 0.3) is 0 Å². The third-order valence-corrected chi connectivity index (χ3v) is 4.21. The molecule has 2 unspecified atom stereocenters. The van der Waals surface area contributed by atoms with Crippen LogP contribution in [0.15, 0.2) is 48.5 Å². The average molecular weight is 328 g/mol. The molecule has 0 saturated heterocycles. The second-order valence-corrected chi connectivity index (χ2v) is 6.01. The average Bonchev–Trinajstić information content (AvgIpc) is 2.77. The lowest BCUT2D eigenvalue weighted by atomic mass is 10.0. The van der Waals surface area contributed by atoms with Crippen LogP contribution in [0.1, 0.15) is 42.5 Å². The maximum Gasteiger partial charge on any atom is 0.222 e. The van der Waals surface area contributed by atoms with Crippen molar-refractivity contribution in [3.63, 3.8) is 0 Å². The number of benzene rings is 2. The Hall–Kier alpha value is -2.40. The first-order chi connectivity index (χ1) is 11.6. The van der Waals surface area contributed by atoms with Crippen molar-refractivity contribution in [2.75, 3.05) is 6.61 Å². The molecule has 0 spiro atoms. The standard InChI is InChI=1S/C19H21FN2O2/c20-14-8-9-15-17(7-4-10-24-18(15)11-14)22-19(23)12-16(21)13-5-2-1-3-6-13/h1-3,5-6,8-9,11,16-17H,4,7,10,12,21H2,(H,22,23). The summed E-state index contributed by atoms with van der Waals surface area (Å²) in [6, 6.07) is 13.5. The van der Waals surface area contributed by atoms with Crippen molar-refractivity contribution in [3.05, 3.63) is 65.5 Å². The van der Waals surface area contributed by atoms with Gasteiger partial charge in [-0.15, -0.1) is 0 Å². The van der Waals surface area contributed by atoms with E-state index in [1.54, 1.807) is 6.07 Å². The van der Waals surface area contributed by atoms with Gasteiger partial charge in [0, 0.05) is 24.1 Å². The number of rotatable bonds is 4. The number of amides is 1. The van der Waals surface area contributed by atoms with Crippen molar-refractivity contribution in [2.24, 2.45) is 5.73 Å². The minimum atomic E-state index is -0.346. The van der Waals surface area contributed by atoms with Gasteiger partial charge in [-0.3, -0.25) is 4.79 Å². The highest BCUT2D eigenvalue weighted by Crippen LogP contribution is 2.32. The Morgan fingerprint density at radius 1 is 1.29 bits per heavy atom. The summed E-state index contributed by atoms with van der Waals surface area (Å²) in [6.45, 7) is 0.520. The third kappa shape index (κ3) is 3.92. The molecule has 0 aliphatic carbocycles. The Balaban J connectivity index is 1.68. The highest BCUT2D eigenvalue weighted by atomic mass is 19.1. The Morgan fingerprint density at radius 2 is 2.08 bits per heavy atom. The van der Waals surface area contributed by atoms with Gasteiger partial charge in [0.1, 0.15) is 11.6 Å². The van der Waals surface area contributed by atoms with Crippen LogP contribution in [-0.4, -0.2) is 12.5 Å². The Kier molecular flexibility index (Phi) is 5.11. The van der Waals surface area contributed by atoms with Gasteiger partial charge in [0.25, 0.3) is 0 Å². The smallest absolute Gasteiger partial charge is 0.222 e. The second kappa shape index (κ2) is 7.45. The van der Waals surface area contributed by atoms with E-state index in [0.717, 1.165) is 24.0 Å². The molecule has 0 radical (unpaired) electrons. The lowest BCUT2D eigenvalue weighted by Gasteiger charge is -2.20. The molecule has 1 aliphatic heterocycles. The Labute approximate surface area is 140 Å². The monoisotopic (exact) mass is 328 g/mol. The topological polar surface area (TPSA) is 64.4 Å². The minimum Gasteiger partial charge on any atom is -0.493 e. The summed E-state index contributed by atoms with van der Waals surface area (Å²) in [4.78, 5) is 12.4. The normalized spacial score (nSPS) is 18.0. The molecule has 2 aromatic carbocycles. The van der Waals surface area contributed by atoms with Crippen LogP contribution < -0.4 is 15.8 Å². The van der Waals surface area contributed by atoms with Crippen LogP contribution in [0.4, 0.5) is 4.39 Å². The van der Waals surface area contributed by atoms with Crippen LogP contribution >= 0.6 is 0 Å². The lowest BCUT2D eigenvalue weighted by molar-refractivity contribution is -0.122. The molecule has 2 aromatic rings. The maximum atomic E-state index is 13.4. The van der Waals surface area contributed by atoms with Crippen molar-refractivity contribution in [1.82, 2.24) is 5.32 Å². The van der Waals surface area contributed by atoms with Crippen molar-refractivity contribution in [1.29, 1.82) is 0 Å². The summed E-state index contributed by atoms with van der Waals surface area (Å²) < 4.78 is 19.0. The van der Waals surface area contributed by atoms with Crippen LogP contribution in [-0.2, 0) is 4.79 Å². The van der Waals surface area contributed by atoms with Crippen molar-refractivity contribution >= 4 is 5.91 Å². The largest absolute Gasteiger partial charge is 0.493 e. The molecule has 4 nitrogen and oxygen atoms in total. The quantitative estimate of drug-likeness (QED) is 0.905. The van der Waals surface area contributed by atoms with Gasteiger partial charge in [-0.25, -0.2) is 4.39 Å². The fourth-order valence-electron chi connectivity index (χ4n) is 2.97. The third-order valence-electron chi connectivity index (χ3n) is 4.21. The fraction of sp³-hybridized carbons (Fsp3) is 0.316. The molecule has 3 rings (SSSR count). The van der Waals surface area contributed by atoms with Crippen molar-refractivity contribution < 1.29 is 13.9 Å². The number of nitrogens with one attached hydrogen (secondary N) is 1. The van der Waals surface area contributed by atoms with E-state index in [0.29, 0.717) is 12.4 Å². The van der Waals surface area contributed by atoms with Crippen molar-refractivity contribution in [2.45, 2.75) is 31.3 Å². The minimum absolute atomic E-state index is 0.117. The van der Waals surface area contributed by atoms with Crippen LogP contribution in [0.5, 0.6) is 5.75 Å². The molecular weight excluding hydrogens is 307 g/mol. The predicted molar refractivity (Wildman–Crippen MR) is 90.0 cm³/mol. The van der Waals surface area contributed by atoms with Gasteiger partial charge in [0.05, 0.1) is 12.6 Å². The summed E-state index contributed by atoms with van der Waals surface area (Å²) >= 11 is 0. The molecule has 1 amide bonds. The zero-order valence-corrected chi connectivity index (χ0v) is 13.4. The Morgan fingerprint density at radius 3 is 2.88 bits per heavy atom. The highest BCUT2D eigenvalue weighted by molar-refractivity contribution is 5.77. The molecule has 126 valence electrons. The molecule has 2 atom stereocenters. The SMILES string of the molecule is NC(CC(=O)NC1CCCOc2cc(F)ccc21)c1ccccc1.